The van der Waals surface area contributed by atoms with E-state index in [1.54, 1.807) is 11.3 Å². The molecular formula is C18H22Cl3N3S. The van der Waals surface area contributed by atoms with E-state index in [1.165, 1.54) is 45.4 Å². The van der Waals surface area contributed by atoms with Gasteiger partial charge in [0.05, 0.1) is 17.3 Å². The summed E-state index contributed by atoms with van der Waals surface area (Å²) in [5.41, 5.74) is 2.39. The van der Waals surface area contributed by atoms with Crippen molar-refractivity contribution in [3.8, 4) is 11.3 Å². The van der Waals surface area contributed by atoms with Crippen LogP contribution in [-0.4, -0.2) is 36.1 Å². The molecule has 2 aromatic rings. The highest BCUT2D eigenvalue weighted by molar-refractivity contribution is 7.09. The average molecular weight is 419 g/mol. The molecule has 0 bridgehead atoms. The minimum Gasteiger partial charge on any atom is -0.317 e. The number of nitrogens with zero attached hydrogens (tertiary/aromatic N) is 2. The fraction of sp³-hybridized carbons (Fsp3) is 0.500. The van der Waals surface area contributed by atoms with Crippen LogP contribution in [0.1, 0.15) is 24.3 Å². The first-order valence-corrected chi connectivity index (χ1v) is 10.1. The Kier molecular flexibility index (Phi) is 6.30. The van der Waals surface area contributed by atoms with Crippen LogP contribution < -0.4 is 5.32 Å². The molecule has 3 nitrogen and oxygen atoms in total. The Labute approximate surface area is 169 Å². The Hall–Kier alpha value is -0.360. The summed E-state index contributed by atoms with van der Waals surface area (Å²) in [6.07, 6.45) is 3.95. The summed E-state index contributed by atoms with van der Waals surface area (Å²) in [6.45, 7) is 5.68. The van der Waals surface area contributed by atoms with Crippen LogP contribution in [0.2, 0.25) is 10.0 Å². The second-order valence-corrected chi connectivity index (χ2v) is 8.75. The summed E-state index contributed by atoms with van der Waals surface area (Å²) in [7, 11) is 0. The molecule has 25 heavy (non-hydrogen) atoms. The second kappa shape index (κ2) is 8.12. The Morgan fingerprint density at radius 1 is 1.20 bits per heavy atom. The molecule has 2 saturated heterocycles. The highest BCUT2D eigenvalue weighted by Gasteiger charge is 2.38. The number of likely N-dealkylation sites (tertiary alicyclic amines) is 1. The maximum atomic E-state index is 6.30. The lowest BCUT2D eigenvalue weighted by molar-refractivity contribution is 0.194. The van der Waals surface area contributed by atoms with Crippen molar-refractivity contribution >= 4 is 46.9 Å². The number of halogens is 3. The predicted octanol–water partition coefficient (Wildman–Crippen LogP) is 5.11. The van der Waals surface area contributed by atoms with Gasteiger partial charge in [-0.1, -0.05) is 23.2 Å². The summed E-state index contributed by atoms with van der Waals surface area (Å²) >= 11 is 14.1. The van der Waals surface area contributed by atoms with E-state index in [-0.39, 0.29) is 12.4 Å². The molecule has 2 aliphatic rings. The van der Waals surface area contributed by atoms with Crippen LogP contribution in [-0.2, 0) is 6.54 Å². The molecule has 0 amide bonds. The molecule has 1 N–H and O–H groups in total. The first-order valence-electron chi connectivity index (χ1n) is 8.47. The van der Waals surface area contributed by atoms with Gasteiger partial charge < -0.3 is 5.32 Å². The molecule has 0 radical (unpaired) electrons. The van der Waals surface area contributed by atoms with Crippen molar-refractivity contribution < 1.29 is 0 Å². The van der Waals surface area contributed by atoms with E-state index >= 15 is 0 Å². The van der Waals surface area contributed by atoms with Crippen molar-refractivity contribution in [2.45, 2.75) is 25.8 Å². The molecule has 136 valence electrons. The minimum atomic E-state index is 0. The van der Waals surface area contributed by atoms with E-state index in [1.807, 2.05) is 18.2 Å². The van der Waals surface area contributed by atoms with Gasteiger partial charge in [0.1, 0.15) is 5.01 Å². The van der Waals surface area contributed by atoms with Crippen molar-refractivity contribution in [1.29, 1.82) is 0 Å². The van der Waals surface area contributed by atoms with Crippen LogP contribution in [0, 0.1) is 5.41 Å². The van der Waals surface area contributed by atoms with Crippen molar-refractivity contribution in [1.82, 2.24) is 15.2 Å². The summed E-state index contributed by atoms with van der Waals surface area (Å²) in [4.78, 5) is 7.36. The van der Waals surface area contributed by atoms with Crippen molar-refractivity contribution in [2.75, 3.05) is 26.2 Å². The Morgan fingerprint density at radius 3 is 2.80 bits per heavy atom. The number of nitrogens with one attached hydrogen (secondary N) is 1. The van der Waals surface area contributed by atoms with Gasteiger partial charge in [0.25, 0.3) is 0 Å². The maximum Gasteiger partial charge on any atom is 0.107 e. The molecule has 1 aromatic heterocycles. The van der Waals surface area contributed by atoms with E-state index in [0.29, 0.717) is 15.5 Å². The van der Waals surface area contributed by atoms with Crippen molar-refractivity contribution in [2.24, 2.45) is 5.41 Å². The van der Waals surface area contributed by atoms with E-state index in [2.05, 4.69) is 15.6 Å². The molecule has 2 aliphatic heterocycles. The summed E-state index contributed by atoms with van der Waals surface area (Å²) < 4.78 is 0. The van der Waals surface area contributed by atoms with Gasteiger partial charge in [0, 0.05) is 22.5 Å². The molecule has 3 heterocycles. The topological polar surface area (TPSA) is 28.2 Å². The van der Waals surface area contributed by atoms with Crippen LogP contribution >= 0.6 is 46.9 Å². The van der Waals surface area contributed by atoms with Gasteiger partial charge in [-0.3, -0.25) is 4.90 Å². The molecule has 7 heteroatoms. The van der Waals surface area contributed by atoms with E-state index in [4.69, 9.17) is 28.2 Å². The van der Waals surface area contributed by atoms with Crippen molar-refractivity contribution in [3.63, 3.8) is 0 Å². The van der Waals surface area contributed by atoms with Crippen LogP contribution in [0.25, 0.3) is 11.3 Å². The van der Waals surface area contributed by atoms with Gasteiger partial charge in [-0.05, 0) is 62.5 Å². The van der Waals surface area contributed by atoms with Gasteiger partial charge in [-0.15, -0.1) is 23.7 Å². The number of piperidine rings is 1. The molecular weight excluding hydrogens is 397 g/mol. The largest absolute Gasteiger partial charge is 0.317 e. The molecule has 1 spiro atoms. The fourth-order valence-electron chi connectivity index (χ4n) is 3.92. The lowest BCUT2D eigenvalue weighted by Crippen LogP contribution is -2.38. The Morgan fingerprint density at radius 2 is 2.00 bits per heavy atom. The second-order valence-electron chi connectivity index (χ2n) is 6.96. The number of hydrogen-bond acceptors (Lipinski definition) is 4. The number of aromatic nitrogens is 1. The number of rotatable bonds is 3. The molecule has 0 unspecified atom stereocenters. The van der Waals surface area contributed by atoms with Crippen LogP contribution in [0.3, 0.4) is 0 Å². The van der Waals surface area contributed by atoms with Crippen LogP contribution in [0.4, 0.5) is 0 Å². The minimum absolute atomic E-state index is 0. The number of thiazole rings is 1. The standard InChI is InChI=1S/C18H21Cl2N3S.ClH/c19-13-1-2-15(20)14(9-13)16-11-24-17(22-16)10-23-8-5-18(12-23)3-6-21-7-4-18;/h1-2,9,11,21H,3-8,10,12H2;1H. The normalized spacial score (nSPS) is 19.9. The SMILES string of the molecule is Cl.Clc1ccc(Cl)c(-c2csc(CN3CCC4(CCNCC4)C3)n2)c1. The van der Waals surface area contributed by atoms with Crippen LogP contribution in [0.15, 0.2) is 23.6 Å². The molecule has 1 aromatic carbocycles. The molecule has 0 aliphatic carbocycles. The van der Waals surface area contributed by atoms with E-state index in [9.17, 15) is 0 Å². The van der Waals surface area contributed by atoms with Gasteiger partial charge in [-0.2, -0.15) is 0 Å². The van der Waals surface area contributed by atoms with E-state index < -0.39 is 0 Å². The summed E-state index contributed by atoms with van der Waals surface area (Å²) in [5.74, 6) is 0. The van der Waals surface area contributed by atoms with Gasteiger partial charge >= 0.3 is 0 Å². The molecule has 0 atom stereocenters. The third-order valence-electron chi connectivity index (χ3n) is 5.30. The molecule has 4 rings (SSSR count). The van der Waals surface area contributed by atoms with E-state index in [0.717, 1.165) is 22.8 Å². The Bertz CT molecular complexity index is 728. The zero-order valence-electron chi connectivity index (χ0n) is 13.9. The first-order chi connectivity index (χ1) is 11.6. The predicted molar refractivity (Wildman–Crippen MR) is 109 cm³/mol. The smallest absolute Gasteiger partial charge is 0.107 e. The zero-order chi connectivity index (χ0) is 16.6. The third-order valence-corrected chi connectivity index (χ3v) is 6.69. The lowest BCUT2D eigenvalue weighted by Gasteiger charge is -2.33. The quantitative estimate of drug-likeness (QED) is 0.750. The monoisotopic (exact) mass is 417 g/mol. The van der Waals surface area contributed by atoms with Crippen molar-refractivity contribution in [3.05, 3.63) is 38.6 Å². The highest BCUT2D eigenvalue weighted by Crippen LogP contribution is 2.39. The lowest BCUT2D eigenvalue weighted by atomic mass is 9.78. The fourth-order valence-corrected chi connectivity index (χ4v) is 5.14. The van der Waals surface area contributed by atoms with Gasteiger partial charge in [-0.25, -0.2) is 4.98 Å². The molecule has 2 fully saturated rings. The first kappa shape index (κ1) is 19.4. The maximum absolute atomic E-state index is 6.30. The number of hydrogen-bond donors (Lipinski definition) is 1. The summed E-state index contributed by atoms with van der Waals surface area (Å²) in [6, 6.07) is 5.53. The van der Waals surface area contributed by atoms with Crippen LogP contribution in [0.5, 0.6) is 0 Å². The molecule has 0 saturated carbocycles. The number of benzene rings is 1. The average Bonchev–Trinajstić information content (AvgIpc) is 3.19. The van der Waals surface area contributed by atoms with Gasteiger partial charge in [0.2, 0.25) is 0 Å². The Balaban J connectivity index is 0.00000182. The summed E-state index contributed by atoms with van der Waals surface area (Å²) in [5, 5.41) is 8.12. The third kappa shape index (κ3) is 4.32. The van der Waals surface area contributed by atoms with Gasteiger partial charge in [0.15, 0.2) is 0 Å². The zero-order valence-corrected chi connectivity index (χ0v) is 17.1. The highest BCUT2D eigenvalue weighted by atomic mass is 35.5.